The van der Waals surface area contributed by atoms with Gasteiger partial charge in [0.05, 0.1) is 0 Å². The molecule has 2 aliphatic rings. The van der Waals surface area contributed by atoms with E-state index in [1.54, 1.807) is 0 Å². The predicted molar refractivity (Wildman–Crippen MR) is 109 cm³/mol. The van der Waals surface area contributed by atoms with E-state index in [0.29, 0.717) is 13.0 Å². The highest BCUT2D eigenvalue weighted by Crippen LogP contribution is 2.38. The summed E-state index contributed by atoms with van der Waals surface area (Å²) in [6, 6.07) is 9.37. The van der Waals surface area contributed by atoms with Crippen molar-refractivity contribution in [2.75, 3.05) is 19.7 Å². The Morgan fingerprint density at radius 1 is 1.23 bits per heavy atom. The average molecular weight is 415 g/mol. The van der Waals surface area contributed by atoms with Gasteiger partial charge in [-0.2, -0.15) is 0 Å². The van der Waals surface area contributed by atoms with Gasteiger partial charge in [0, 0.05) is 6.54 Å². The Balaban J connectivity index is 1.38. The van der Waals surface area contributed by atoms with Gasteiger partial charge in [-0.25, -0.2) is 4.79 Å². The largest absolute Gasteiger partial charge is 0.454 e. The van der Waals surface area contributed by atoms with Crippen molar-refractivity contribution in [1.29, 1.82) is 0 Å². The maximum absolute atomic E-state index is 12.8. The molecule has 2 N–H and O–H groups in total. The number of carbonyl (C=O) groups is 4. The predicted octanol–water partition coefficient (Wildman–Crippen LogP) is 1.78. The lowest BCUT2D eigenvalue weighted by Crippen LogP contribution is -2.54. The van der Waals surface area contributed by atoms with Gasteiger partial charge in [-0.05, 0) is 37.2 Å². The molecule has 1 saturated heterocycles. The second-order valence-corrected chi connectivity index (χ2v) is 8.04. The fourth-order valence-electron chi connectivity index (χ4n) is 4.18. The number of nitrogens with zero attached hydrogens (tertiary/aromatic N) is 1. The van der Waals surface area contributed by atoms with E-state index < -0.39 is 36.6 Å². The summed E-state index contributed by atoms with van der Waals surface area (Å²) in [4.78, 5) is 50.0. The lowest BCUT2D eigenvalue weighted by atomic mass is 9.73. The van der Waals surface area contributed by atoms with Crippen LogP contribution in [0.5, 0.6) is 0 Å². The van der Waals surface area contributed by atoms with E-state index in [9.17, 15) is 19.2 Å². The molecule has 1 aliphatic carbocycles. The number of urea groups is 1. The van der Waals surface area contributed by atoms with Gasteiger partial charge in [0.2, 0.25) is 0 Å². The molecule has 3 rings (SSSR count). The summed E-state index contributed by atoms with van der Waals surface area (Å²) in [5, 5.41) is 5.48. The van der Waals surface area contributed by atoms with E-state index in [0.717, 1.165) is 37.0 Å². The van der Waals surface area contributed by atoms with Crippen molar-refractivity contribution in [1.82, 2.24) is 15.5 Å². The topological polar surface area (TPSA) is 105 Å². The zero-order chi connectivity index (χ0) is 21.6. The van der Waals surface area contributed by atoms with Crippen LogP contribution in [0.1, 0.15) is 44.6 Å². The summed E-state index contributed by atoms with van der Waals surface area (Å²) < 4.78 is 4.96. The van der Waals surface area contributed by atoms with E-state index in [4.69, 9.17) is 4.74 Å². The first-order valence-electron chi connectivity index (χ1n) is 10.5. The van der Waals surface area contributed by atoms with Gasteiger partial charge in [-0.1, -0.05) is 50.1 Å². The van der Waals surface area contributed by atoms with E-state index in [-0.39, 0.29) is 11.8 Å². The van der Waals surface area contributed by atoms with Crippen LogP contribution in [0.2, 0.25) is 0 Å². The lowest BCUT2D eigenvalue weighted by molar-refractivity contribution is -0.151. The molecule has 2 atom stereocenters. The smallest absolute Gasteiger partial charge is 0.326 e. The number of nitrogens with one attached hydrogen (secondary N) is 2. The van der Waals surface area contributed by atoms with Gasteiger partial charge in [0.1, 0.15) is 12.1 Å². The molecule has 0 unspecified atom stereocenters. The van der Waals surface area contributed by atoms with Crippen molar-refractivity contribution in [2.24, 2.45) is 5.92 Å². The van der Waals surface area contributed by atoms with Crippen molar-refractivity contribution in [3.05, 3.63) is 35.9 Å². The molecular formula is C22H29N3O5. The minimum absolute atomic E-state index is 0.0189. The molecule has 2 fully saturated rings. The van der Waals surface area contributed by atoms with Crippen LogP contribution in [0.3, 0.4) is 0 Å². The number of hydrogen-bond acceptors (Lipinski definition) is 5. The number of esters is 1. The summed E-state index contributed by atoms with van der Waals surface area (Å²) in [7, 11) is 0. The minimum atomic E-state index is -0.911. The molecule has 1 aromatic carbocycles. The van der Waals surface area contributed by atoms with Crippen molar-refractivity contribution in [3.63, 3.8) is 0 Å². The zero-order valence-electron chi connectivity index (χ0n) is 17.3. The first kappa shape index (κ1) is 21.8. The first-order valence-corrected chi connectivity index (χ1v) is 10.5. The Labute approximate surface area is 176 Å². The molecule has 8 heteroatoms. The highest BCUT2D eigenvalue weighted by molar-refractivity contribution is 6.09. The number of rotatable bonds is 8. The molecule has 0 aromatic heterocycles. The third kappa shape index (κ3) is 4.98. The van der Waals surface area contributed by atoms with Gasteiger partial charge in [-0.3, -0.25) is 19.3 Å². The van der Waals surface area contributed by atoms with Crippen LogP contribution in [0.25, 0.3) is 0 Å². The molecule has 8 nitrogen and oxygen atoms in total. The van der Waals surface area contributed by atoms with Gasteiger partial charge in [0.15, 0.2) is 6.61 Å². The first-order chi connectivity index (χ1) is 14.4. The second kappa shape index (κ2) is 9.73. The van der Waals surface area contributed by atoms with Crippen LogP contribution in [-0.2, 0) is 25.5 Å². The molecule has 1 saturated carbocycles. The van der Waals surface area contributed by atoms with Crippen LogP contribution in [-0.4, -0.2) is 54.0 Å². The number of carbonyl (C=O) groups excluding carboxylic acids is 4. The molecular weight excluding hydrogens is 386 g/mol. The number of amides is 4. The molecule has 0 radical (unpaired) electrons. The second-order valence-electron chi connectivity index (χ2n) is 8.04. The Kier molecular flexibility index (Phi) is 7.07. The molecule has 1 spiro atoms. The summed E-state index contributed by atoms with van der Waals surface area (Å²) in [6.07, 6.45) is 4.93. The standard InChI is InChI=1S/C22H29N3O5/c1-16-8-5-6-12-22(16)20(28)25(21(29)24-22)14-19(27)30-15-18(26)23-13-7-11-17-9-3-2-4-10-17/h2-4,9-10,16H,5-8,11-15H2,1H3,(H,23,26)(H,24,29)/t16-,22+/m1/s1. The molecule has 162 valence electrons. The van der Waals surface area contributed by atoms with E-state index in [2.05, 4.69) is 10.6 Å². The lowest BCUT2D eigenvalue weighted by Gasteiger charge is -2.36. The zero-order valence-corrected chi connectivity index (χ0v) is 17.3. The highest BCUT2D eigenvalue weighted by Gasteiger charge is 2.55. The maximum Gasteiger partial charge on any atom is 0.326 e. The van der Waals surface area contributed by atoms with Gasteiger partial charge >= 0.3 is 12.0 Å². The van der Waals surface area contributed by atoms with Crippen LogP contribution in [0, 0.1) is 5.92 Å². The molecule has 1 aromatic rings. The monoisotopic (exact) mass is 415 g/mol. The van der Waals surface area contributed by atoms with E-state index >= 15 is 0 Å². The number of imide groups is 1. The van der Waals surface area contributed by atoms with Crippen LogP contribution < -0.4 is 10.6 Å². The van der Waals surface area contributed by atoms with E-state index in [1.165, 1.54) is 5.56 Å². The highest BCUT2D eigenvalue weighted by atomic mass is 16.5. The molecule has 0 bridgehead atoms. The van der Waals surface area contributed by atoms with Crippen LogP contribution >= 0.6 is 0 Å². The Bertz CT molecular complexity index is 797. The van der Waals surface area contributed by atoms with Gasteiger partial charge < -0.3 is 15.4 Å². The normalized spacial score (nSPS) is 23.4. The van der Waals surface area contributed by atoms with E-state index in [1.807, 2.05) is 37.3 Å². The van der Waals surface area contributed by atoms with Crippen molar-refractivity contribution >= 4 is 23.8 Å². The number of benzene rings is 1. The van der Waals surface area contributed by atoms with Gasteiger partial charge in [-0.15, -0.1) is 0 Å². The summed E-state index contributed by atoms with van der Waals surface area (Å²) in [6.45, 7) is 1.50. The van der Waals surface area contributed by atoms with Crippen LogP contribution in [0.4, 0.5) is 4.79 Å². The third-order valence-corrected chi connectivity index (χ3v) is 5.96. The fourth-order valence-corrected chi connectivity index (χ4v) is 4.18. The Morgan fingerprint density at radius 3 is 2.73 bits per heavy atom. The van der Waals surface area contributed by atoms with Crippen molar-refractivity contribution < 1.29 is 23.9 Å². The molecule has 4 amide bonds. The van der Waals surface area contributed by atoms with Crippen molar-refractivity contribution in [2.45, 2.75) is 51.0 Å². The van der Waals surface area contributed by atoms with Crippen LogP contribution in [0.15, 0.2) is 30.3 Å². The quantitative estimate of drug-likeness (QED) is 0.383. The fraction of sp³-hybridized carbons (Fsp3) is 0.545. The average Bonchev–Trinajstić information content (AvgIpc) is 2.97. The summed E-state index contributed by atoms with van der Waals surface area (Å²) in [5.74, 6) is -1.54. The molecule has 1 aliphatic heterocycles. The SMILES string of the molecule is C[C@@H]1CCCC[C@]12NC(=O)N(CC(=O)OCC(=O)NCCCc1ccccc1)C2=O. The van der Waals surface area contributed by atoms with Crippen molar-refractivity contribution in [3.8, 4) is 0 Å². The number of ether oxygens (including phenoxy) is 1. The molecule has 30 heavy (non-hydrogen) atoms. The summed E-state index contributed by atoms with van der Waals surface area (Å²) >= 11 is 0. The Hall–Kier alpha value is -2.90. The number of hydrogen-bond donors (Lipinski definition) is 2. The number of aryl methyl sites for hydroxylation is 1. The molecule has 1 heterocycles. The third-order valence-electron chi connectivity index (χ3n) is 5.96. The maximum atomic E-state index is 12.8. The summed E-state index contributed by atoms with van der Waals surface area (Å²) in [5.41, 5.74) is 0.281. The Morgan fingerprint density at radius 2 is 2.00 bits per heavy atom. The minimum Gasteiger partial charge on any atom is -0.454 e. The van der Waals surface area contributed by atoms with Gasteiger partial charge in [0.25, 0.3) is 11.8 Å².